The van der Waals surface area contributed by atoms with E-state index in [9.17, 15) is 8.42 Å². The van der Waals surface area contributed by atoms with Crippen LogP contribution in [0.3, 0.4) is 0 Å². The second-order valence-electron chi connectivity index (χ2n) is 5.02. The molecule has 1 fully saturated rings. The van der Waals surface area contributed by atoms with Crippen molar-refractivity contribution in [2.75, 3.05) is 25.2 Å². The van der Waals surface area contributed by atoms with E-state index in [1.165, 1.54) is 6.42 Å². The van der Waals surface area contributed by atoms with Crippen LogP contribution in [0.2, 0.25) is 0 Å². The average Bonchev–Trinajstić information content (AvgIpc) is 2.54. The van der Waals surface area contributed by atoms with Gasteiger partial charge in [0, 0.05) is 12.5 Å². The minimum atomic E-state index is -2.77. The minimum Gasteiger partial charge on any atom is -0.484 e. The third-order valence-electron chi connectivity index (χ3n) is 3.89. The largest absolute Gasteiger partial charge is 0.484 e. The summed E-state index contributed by atoms with van der Waals surface area (Å²) in [7, 11) is -1.09. The van der Waals surface area contributed by atoms with E-state index in [-0.39, 0.29) is 0 Å². The second kappa shape index (κ2) is 5.38. The minimum absolute atomic E-state index is 0.338. The number of sulfone groups is 1. The summed E-state index contributed by atoms with van der Waals surface area (Å²) in [5.74, 6) is 2.32. The van der Waals surface area contributed by atoms with Crippen molar-refractivity contribution in [1.82, 2.24) is 0 Å². The summed E-state index contributed by atoms with van der Waals surface area (Å²) < 4.78 is 28.3. The fourth-order valence-electron chi connectivity index (χ4n) is 2.87. The molecule has 2 heterocycles. The first-order valence-corrected chi connectivity index (χ1v) is 8.23. The van der Waals surface area contributed by atoms with Crippen molar-refractivity contribution in [3.8, 4) is 0 Å². The predicted molar refractivity (Wildman–Crippen MR) is 68.0 cm³/mol. The average molecular weight is 259 g/mol. The van der Waals surface area contributed by atoms with Gasteiger partial charge >= 0.3 is 0 Å². The van der Waals surface area contributed by atoms with Gasteiger partial charge in [-0.1, -0.05) is 6.42 Å². The first-order chi connectivity index (χ1) is 8.12. The second-order valence-corrected chi connectivity index (χ2v) is 7.32. The van der Waals surface area contributed by atoms with E-state index in [1.807, 2.05) is 0 Å². The summed E-state index contributed by atoms with van der Waals surface area (Å²) in [6.07, 6.45) is 4.93. The highest BCUT2D eigenvalue weighted by atomic mass is 32.2. The fourth-order valence-corrected chi connectivity index (χ4v) is 4.40. The summed E-state index contributed by atoms with van der Waals surface area (Å²) in [6, 6.07) is 0. The zero-order valence-corrected chi connectivity index (χ0v) is 11.2. The van der Waals surface area contributed by atoms with Gasteiger partial charge in [-0.2, -0.15) is 0 Å². The molecule has 0 aliphatic carbocycles. The monoisotopic (exact) mass is 259 g/mol. The molecule has 0 aromatic carbocycles. The van der Waals surface area contributed by atoms with Gasteiger partial charge in [-0.25, -0.2) is 8.42 Å². The molecule has 0 aromatic rings. The standard InChI is InChI=1S/C12H21NO3S/c1-16-12-11(4-2-3-7-13-12)10-5-8-17(14,15)9-6-10/h10-11H,2-9H2,1H3. The molecular weight excluding hydrogens is 238 g/mol. The summed E-state index contributed by atoms with van der Waals surface area (Å²) in [5.41, 5.74) is 0. The molecule has 5 heteroatoms. The van der Waals surface area contributed by atoms with Gasteiger partial charge in [0.05, 0.1) is 18.6 Å². The van der Waals surface area contributed by atoms with Crippen LogP contribution in [0.1, 0.15) is 32.1 Å². The Balaban J connectivity index is 2.05. The van der Waals surface area contributed by atoms with Crippen molar-refractivity contribution in [3.63, 3.8) is 0 Å². The van der Waals surface area contributed by atoms with Crippen LogP contribution in [0.25, 0.3) is 0 Å². The lowest BCUT2D eigenvalue weighted by molar-refractivity contribution is 0.291. The smallest absolute Gasteiger partial charge is 0.186 e. The predicted octanol–water partition coefficient (Wildman–Crippen LogP) is 1.66. The molecular formula is C12H21NO3S. The van der Waals surface area contributed by atoms with Crippen LogP contribution in [0.4, 0.5) is 0 Å². The van der Waals surface area contributed by atoms with Gasteiger partial charge in [-0.15, -0.1) is 0 Å². The number of hydrogen-bond acceptors (Lipinski definition) is 4. The zero-order valence-electron chi connectivity index (χ0n) is 10.4. The maximum absolute atomic E-state index is 11.4. The molecule has 0 spiro atoms. The first-order valence-electron chi connectivity index (χ1n) is 6.41. The summed E-state index contributed by atoms with van der Waals surface area (Å²) in [5, 5.41) is 0. The topological polar surface area (TPSA) is 55.7 Å². The Morgan fingerprint density at radius 2 is 1.88 bits per heavy atom. The maximum Gasteiger partial charge on any atom is 0.186 e. The molecule has 2 rings (SSSR count). The summed E-state index contributed by atoms with van der Waals surface area (Å²) in [4.78, 5) is 4.48. The van der Waals surface area contributed by atoms with Gasteiger partial charge in [0.15, 0.2) is 5.90 Å². The van der Waals surface area contributed by atoms with E-state index in [0.29, 0.717) is 23.3 Å². The van der Waals surface area contributed by atoms with Gasteiger partial charge < -0.3 is 4.74 Å². The van der Waals surface area contributed by atoms with Crippen molar-refractivity contribution < 1.29 is 13.2 Å². The molecule has 98 valence electrons. The molecule has 0 aromatic heterocycles. The molecule has 0 amide bonds. The van der Waals surface area contributed by atoms with Gasteiger partial charge in [0.2, 0.25) is 0 Å². The highest BCUT2D eigenvalue weighted by Gasteiger charge is 2.33. The first kappa shape index (κ1) is 12.9. The Morgan fingerprint density at radius 3 is 2.53 bits per heavy atom. The molecule has 1 atom stereocenters. The van der Waals surface area contributed by atoms with Crippen molar-refractivity contribution >= 4 is 15.7 Å². The van der Waals surface area contributed by atoms with Crippen LogP contribution in [0.15, 0.2) is 4.99 Å². The number of ether oxygens (including phenoxy) is 1. The van der Waals surface area contributed by atoms with E-state index in [0.717, 1.165) is 38.1 Å². The number of nitrogens with zero attached hydrogens (tertiary/aromatic N) is 1. The van der Waals surface area contributed by atoms with E-state index < -0.39 is 9.84 Å². The Labute approximate surface area is 103 Å². The van der Waals surface area contributed by atoms with Crippen LogP contribution >= 0.6 is 0 Å². The number of aliphatic imine (C=N–C) groups is 1. The van der Waals surface area contributed by atoms with Gasteiger partial charge in [-0.05, 0) is 31.6 Å². The molecule has 17 heavy (non-hydrogen) atoms. The van der Waals surface area contributed by atoms with Crippen molar-refractivity contribution in [2.45, 2.75) is 32.1 Å². The molecule has 1 unspecified atom stereocenters. The van der Waals surface area contributed by atoms with Gasteiger partial charge in [0.1, 0.15) is 9.84 Å². The highest BCUT2D eigenvalue weighted by molar-refractivity contribution is 7.91. The Bertz CT molecular complexity index is 375. The third-order valence-corrected chi connectivity index (χ3v) is 5.60. The quantitative estimate of drug-likeness (QED) is 0.719. The van der Waals surface area contributed by atoms with Gasteiger partial charge in [0.25, 0.3) is 0 Å². The number of rotatable bonds is 1. The molecule has 0 saturated carbocycles. The lowest BCUT2D eigenvalue weighted by Crippen LogP contribution is -2.32. The van der Waals surface area contributed by atoms with Crippen LogP contribution in [0, 0.1) is 11.8 Å². The molecule has 2 aliphatic rings. The summed E-state index contributed by atoms with van der Waals surface area (Å²) >= 11 is 0. The third kappa shape index (κ3) is 3.21. The Morgan fingerprint density at radius 1 is 1.18 bits per heavy atom. The van der Waals surface area contributed by atoms with E-state index in [2.05, 4.69) is 4.99 Å². The number of methoxy groups -OCH3 is 1. The molecule has 1 saturated heterocycles. The summed E-state index contributed by atoms with van der Waals surface area (Å²) in [6.45, 7) is 0.852. The maximum atomic E-state index is 11.4. The van der Waals surface area contributed by atoms with Crippen LogP contribution in [0.5, 0.6) is 0 Å². The lowest BCUT2D eigenvalue weighted by Gasteiger charge is -2.29. The molecule has 2 aliphatic heterocycles. The normalized spacial score (nSPS) is 30.4. The zero-order chi connectivity index (χ0) is 12.3. The van der Waals surface area contributed by atoms with Gasteiger partial charge in [-0.3, -0.25) is 4.99 Å². The lowest BCUT2D eigenvalue weighted by atomic mass is 9.84. The van der Waals surface area contributed by atoms with E-state index in [1.54, 1.807) is 7.11 Å². The van der Waals surface area contributed by atoms with Crippen LogP contribution < -0.4 is 0 Å². The molecule has 0 N–H and O–H groups in total. The SMILES string of the molecule is COC1=NCCCCC1C1CCS(=O)(=O)CC1. The van der Waals surface area contributed by atoms with Crippen LogP contribution in [-0.2, 0) is 14.6 Å². The molecule has 0 radical (unpaired) electrons. The molecule has 4 nitrogen and oxygen atoms in total. The Kier molecular flexibility index (Phi) is 4.07. The Hall–Kier alpha value is -0.580. The fraction of sp³-hybridized carbons (Fsp3) is 0.917. The number of hydrogen-bond donors (Lipinski definition) is 0. The van der Waals surface area contributed by atoms with Crippen molar-refractivity contribution in [2.24, 2.45) is 16.8 Å². The molecule has 0 bridgehead atoms. The highest BCUT2D eigenvalue weighted by Crippen LogP contribution is 2.32. The van der Waals surface area contributed by atoms with Crippen LogP contribution in [-0.4, -0.2) is 39.5 Å². The van der Waals surface area contributed by atoms with E-state index >= 15 is 0 Å². The van der Waals surface area contributed by atoms with Crippen molar-refractivity contribution in [3.05, 3.63) is 0 Å². The van der Waals surface area contributed by atoms with Crippen molar-refractivity contribution in [1.29, 1.82) is 0 Å². The van der Waals surface area contributed by atoms with E-state index in [4.69, 9.17) is 4.74 Å².